The number of nitrogens with zero attached hydrogens (tertiary/aromatic N) is 2. The minimum atomic E-state index is -1.99. The molecule has 0 spiro atoms. The number of H-pyrrole nitrogens is 1. The maximum Gasteiger partial charge on any atom is 0.245 e. The van der Waals surface area contributed by atoms with Gasteiger partial charge < -0.3 is 154 Å². The Morgan fingerprint density at radius 1 is 0.583 bits per heavy atom. The number of guanidine groups is 2. The lowest BCUT2D eigenvalue weighted by molar-refractivity contribution is -0.142. The van der Waals surface area contributed by atoms with E-state index in [0.717, 1.165) is 33.4 Å². The molecule has 144 heavy (non-hydrogen) atoms. The largest absolute Gasteiger partial charge is 0.508 e. The van der Waals surface area contributed by atoms with Crippen LogP contribution in [0.25, 0.3) is 0 Å². The van der Waals surface area contributed by atoms with Crippen LogP contribution in [0.15, 0.2) is 67.1 Å². The number of aromatic nitrogens is 2. The number of benzene rings is 2. The third-order valence-corrected chi connectivity index (χ3v) is 24.9. The number of hydrogen-bond acceptors (Lipinski definition) is 29. The third-order valence-electron chi connectivity index (χ3n) is 22.5. The van der Waals surface area contributed by atoms with E-state index in [1.807, 2.05) is 0 Å². The molecule has 2 aromatic carbocycles. The van der Waals surface area contributed by atoms with Gasteiger partial charge in [-0.05, 0) is 106 Å². The summed E-state index contributed by atoms with van der Waals surface area (Å²) < 4.78 is 5.55. The number of rotatable bonds is 47. The fourth-order valence-electron chi connectivity index (χ4n) is 14.8. The highest BCUT2D eigenvalue weighted by atomic mass is 33.1. The lowest BCUT2D eigenvalue weighted by Crippen LogP contribution is -2.62. The number of aliphatic hydroxyl groups excluding tert-OH is 3. The first kappa shape index (κ1) is 120. The summed E-state index contributed by atoms with van der Waals surface area (Å²) in [6, 6.07) is -12.2. The number of amides is 19. The molecule has 51 nitrogen and oxygen atoms in total. The highest BCUT2D eigenvalue weighted by molar-refractivity contribution is 8.76. The van der Waals surface area contributed by atoms with E-state index in [0.29, 0.717) is 29.7 Å². The van der Waals surface area contributed by atoms with Gasteiger partial charge in [0.2, 0.25) is 112 Å². The van der Waals surface area contributed by atoms with Crippen molar-refractivity contribution in [1.82, 2.24) is 111 Å². The van der Waals surface area contributed by atoms with Crippen molar-refractivity contribution < 1.29 is 116 Å². The lowest BCUT2D eigenvalue weighted by Gasteiger charge is -2.31. The summed E-state index contributed by atoms with van der Waals surface area (Å²) in [4.78, 5) is 281. The van der Waals surface area contributed by atoms with Crippen molar-refractivity contribution in [3.63, 3.8) is 0 Å². The van der Waals surface area contributed by atoms with Crippen molar-refractivity contribution in [1.29, 1.82) is 10.8 Å². The van der Waals surface area contributed by atoms with E-state index < -0.39 is 283 Å². The molecule has 33 N–H and O–H groups in total. The Kier molecular flexibility index (Phi) is 52.8. The number of nitrogens with two attached hydrogens (primary N) is 4. The van der Waals surface area contributed by atoms with Crippen LogP contribution >= 0.6 is 21.6 Å². The number of imidazole rings is 1. The molecule has 0 bridgehead atoms. The number of aromatic amines is 1. The van der Waals surface area contributed by atoms with Crippen LogP contribution in [0.4, 0.5) is 0 Å². The number of hydrogen-bond donors (Lipinski definition) is 29. The fourth-order valence-corrected chi connectivity index (χ4v) is 17.1. The van der Waals surface area contributed by atoms with Crippen LogP contribution in [0.1, 0.15) is 149 Å². The Morgan fingerprint density at radius 2 is 1.18 bits per heavy atom. The number of nitrogens with one attached hydrogen (secondary N) is 21. The molecule has 0 unspecified atom stereocenters. The number of aliphatic hydroxyl groups is 3. The summed E-state index contributed by atoms with van der Waals surface area (Å²) in [5, 5.41) is 103. The molecule has 2 saturated heterocycles. The number of ether oxygens (including phenoxy) is 1. The van der Waals surface area contributed by atoms with Crippen LogP contribution in [0.2, 0.25) is 0 Å². The van der Waals surface area contributed by atoms with Gasteiger partial charge in [0.05, 0.1) is 45.4 Å². The van der Waals surface area contributed by atoms with Gasteiger partial charge in [0.25, 0.3) is 0 Å². The fraction of sp³-hybridized carbons (Fsp3) is 0.582. The molecule has 19 amide bonds. The summed E-state index contributed by atoms with van der Waals surface area (Å²) in [6.07, 6.45) is 4.55. The first-order valence-corrected chi connectivity index (χ1v) is 49.6. The van der Waals surface area contributed by atoms with Crippen molar-refractivity contribution in [2.24, 2.45) is 40.7 Å². The average Bonchev–Trinajstić information content (AvgIpc) is 1.65. The molecule has 53 heteroatoms. The van der Waals surface area contributed by atoms with Crippen LogP contribution in [-0.2, 0) is 115 Å². The number of fused-ring (bicyclic) bond motifs is 1. The van der Waals surface area contributed by atoms with Crippen molar-refractivity contribution in [3.05, 3.63) is 83.9 Å². The normalized spacial score (nSPS) is 20.4. The van der Waals surface area contributed by atoms with Crippen LogP contribution in [0, 0.1) is 40.9 Å². The molecule has 0 aliphatic carbocycles. The molecule has 3 aromatic rings. The predicted molar refractivity (Wildman–Crippen MR) is 526 cm³/mol. The van der Waals surface area contributed by atoms with Gasteiger partial charge in [0, 0.05) is 94.5 Å². The van der Waals surface area contributed by atoms with Gasteiger partial charge in [-0.2, -0.15) is 0 Å². The second-order valence-electron chi connectivity index (χ2n) is 35.4. The number of primary amides is 2. The standard InChI is InChI=1S/C91H139N27O24S2/c1-9-10-12-23-69(124)99-33-36-142-35-30-70(125)105-62(40-54-41-98-47-103-54)81(133)107-57(28-29-68(92)123)77(129)115-72(49(4)5)87(139)113-65-45-143-144-46-66(85(137)110-60(38-52-18-13-11-14-19-52)80(132)112-64(44-120)83(135)117-74(51(8)121)75(93)127)114-88(140)73(50(6)7)116-86(138)67-22-17-34-118(67)89(141)58(21-16-32-101-91(96)97)104-71(126)42-102-76(128)56(20-15-31-100-90(94)95)106-79(131)61(39-53-24-26-55(122)27-25-53)109-82(134)63(43-119)111-78(130)59(37-48(2)3)108-84(65)136/h1,11,13-14,18-19,24-27,41,47-51,56-67,72-74,119-122H,10,12,15-17,20-23,28-40,42-46H2,2-8H3,(H2,92,123)(H2,93,127)(H,98,103)(H,99,124)(H,102,128)(H,104,126)(H,105,125)(H,106,131)(H,107,133)(H,108,136)(H,109,134)(H,110,137)(H,111,130)(H,112,132)(H,113,139)(H,114,140)(H,115,129)(H,116,138)(H,117,135)(H4,94,95,100)(H4,96,97,101)/t51-,56+,57+,58+,59+,60+,61+,62+,63+,64+,65+,66+,67+,72+,73+,74+/m1/s1. The number of terminal acetylenes is 1. The first-order chi connectivity index (χ1) is 68.3. The first-order valence-electron chi connectivity index (χ1n) is 47.1. The lowest BCUT2D eigenvalue weighted by atomic mass is 10.0. The maximum absolute atomic E-state index is 15.5. The Morgan fingerprint density at radius 3 is 1.78 bits per heavy atom. The van der Waals surface area contributed by atoms with Crippen molar-refractivity contribution in [2.75, 3.05) is 70.7 Å². The molecule has 2 aliphatic rings. The van der Waals surface area contributed by atoms with Crippen LogP contribution in [-0.4, -0.2) is 327 Å². The van der Waals surface area contributed by atoms with E-state index in [2.05, 4.69) is 112 Å². The zero-order chi connectivity index (χ0) is 107. The summed E-state index contributed by atoms with van der Waals surface area (Å²) in [7, 11) is 1.46. The van der Waals surface area contributed by atoms with E-state index in [9.17, 15) is 82.8 Å². The van der Waals surface area contributed by atoms with E-state index in [1.165, 1.54) is 64.5 Å². The van der Waals surface area contributed by atoms with Gasteiger partial charge in [-0.1, -0.05) is 106 Å². The molecule has 0 saturated carbocycles. The number of aromatic hydroxyl groups is 1. The SMILES string of the molecule is C#CCCCC(=O)NCCOCCC(=O)N[C@@H](Cc1cnc[nH]1)C(=O)N[C@@H](CCC(N)=O)C(=O)N[C@H](C(=O)N[C@H]1CSSC[C@@H](C(=O)N[C@@H](Cc2ccccc2)C(=O)N[C@@H](CO)C(=O)N[C@H](C(N)=O)[C@@H](C)O)NC(=O)[C@H](C(C)C)NC(=O)[C@@H]2CCCN2C(=O)[C@H](CCCNC(=N)N)NC(=O)CNC(=O)[C@H](CCCNC(=N)N)NC(=O)[C@H](Cc2ccc(O)cc2)NC(=O)[C@H](CO)NC(=O)[C@H](CC(C)C)NC1=O)C(C)C. The van der Waals surface area contributed by atoms with Gasteiger partial charge in [-0.25, -0.2) is 4.98 Å². The van der Waals surface area contributed by atoms with E-state index >= 15 is 28.8 Å². The van der Waals surface area contributed by atoms with Crippen LogP contribution < -0.4 is 119 Å². The van der Waals surface area contributed by atoms with Gasteiger partial charge in [-0.15, -0.1) is 12.3 Å². The number of carbonyl (C=O) groups is 19. The number of unbranched alkanes of at least 4 members (excludes halogenated alkanes) is 1. The van der Waals surface area contributed by atoms with Gasteiger partial charge in [0.15, 0.2) is 11.9 Å². The summed E-state index contributed by atoms with van der Waals surface area (Å²) in [6.45, 7) is 6.98. The maximum atomic E-state index is 15.5. The van der Waals surface area contributed by atoms with Crippen molar-refractivity contribution in [2.45, 2.75) is 248 Å². The van der Waals surface area contributed by atoms with Gasteiger partial charge in [-0.3, -0.25) is 102 Å². The monoisotopic (exact) mass is 2060 g/mol. The molecule has 3 heterocycles. The Balaban J connectivity index is 1.69. The molecule has 1 aromatic heterocycles. The van der Waals surface area contributed by atoms with Crippen LogP contribution in [0.5, 0.6) is 5.75 Å². The van der Waals surface area contributed by atoms with Crippen molar-refractivity contribution >= 4 is 146 Å². The molecule has 2 aliphatic heterocycles. The number of carbonyl (C=O) groups excluding carboxylic acids is 19. The average molecular weight is 2060 g/mol. The highest BCUT2D eigenvalue weighted by Gasteiger charge is 2.43. The van der Waals surface area contributed by atoms with E-state index in [1.54, 1.807) is 44.2 Å². The molecule has 794 valence electrons. The minimum Gasteiger partial charge on any atom is -0.508 e. The third kappa shape index (κ3) is 43.5. The van der Waals surface area contributed by atoms with Crippen molar-refractivity contribution in [3.8, 4) is 18.1 Å². The van der Waals surface area contributed by atoms with Gasteiger partial charge in [0.1, 0.15) is 96.4 Å². The topological polar surface area (TPSA) is 815 Å². The summed E-state index contributed by atoms with van der Waals surface area (Å²) in [5.41, 5.74) is 23.2. The molecular formula is C91H139N27O24S2. The summed E-state index contributed by atoms with van der Waals surface area (Å²) >= 11 is 0. The molecule has 0 radical (unpaired) electrons. The number of phenolic OH excluding ortho intramolecular Hbond substituents is 1. The second kappa shape index (κ2) is 63.1. The predicted octanol–water partition coefficient (Wildman–Crippen LogP) is -8.24. The quantitative estimate of drug-likeness (QED) is 0.00821. The van der Waals surface area contributed by atoms with E-state index in [4.69, 9.17) is 44.9 Å². The van der Waals surface area contributed by atoms with E-state index in [-0.39, 0.29) is 122 Å². The molecule has 16 atom stereocenters. The molecular weight excluding hydrogens is 1920 g/mol. The second-order valence-corrected chi connectivity index (χ2v) is 38.0. The Labute approximate surface area is 840 Å². The smallest absolute Gasteiger partial charge is 0.245 e. The Hall–Kier alpha value is -14.0. The number of phenols is 1. The molecule has 5 rings (SSSR count). The zero-order valence-electron chi connectivity index (χ0n) is 81.5. The minimum absolute atomic E-state index is 0.00289. The molecule has 2 fully saturated rings. The zero-order valence-corrected chi connectivity index (χ0v) is 83.1. The highest BCUT2D eigenvalue weighted by Crippen LogP contribution is 2.26. The van der Waals surface area contributed by atoms with Gasteiger partial charge >= 0.3 is 0 Å². The van der Waals surface area contributed by atoms with Crippen LogP contribution in [0.3, 0.4) is 0 Å². The Bertz CT molecular complexity index is 4880. The summed E-state index contributed by atoms with van der Waals surface area (Å²) in [5.74, 6) is -21.5.